The minimum absolute atomic E-state index is 0.0799. The number of carbonyl (C=O) groups excluding carboxylic acids is 1. The molecule has 0 radical (unpaired) electrons. The maximum atomic E-state index is 12.7. The van der Waals surface area contributed by atoms with Gasteiger partial charge in [-0.15, -0.1) is 0 Å². The van der Waals surface area contributed by atoms with E-state index >= 15 is 0 Å². The van der Waals surface area contributed by atoms with E-state index in [0.717, 1.165) is 50.2 Å². The monoisotopic (exact) mass is 525 g/mol. The Morgan fingerprint density at radius 1 is 1.15 bits per heavy atom. The van der Waals surface area contributed by atoms with Gasteiger partial charge in [-0.1, -0.05) is 0 Å². The number of methoxy groups -OCH3 is 1. The molecule has 39 heavy (non-hydrogen) atoms. The smallest absolute Gasteiger partial charge is 0.251 e. The van der Waals surface area contributed by atoms with Gasteiger partial charge in [-0.2, -0.15) is 5.26 Å². The second kappa shape index (κ2) is 13.3. The van der Waals surface area contributed by atoms with Crippen molar-refractivity contribution in [3.8, 4) is 11.8 Å². The summed E-state index contributed by atoms with van der Waals surface area (Å²) in [5.74, 6) is 0.782. The van der Waals surface area contributed by atoms with Crippen LogP contribution in [0.5, 0.6) is 5.75 Å². The molecule has 7 heteroatoms. The first-order valence-electron chi connectivity index (χ1n) is 13.7. The Balaban J connectivity index is 1.33. The summed E-state index contributed by atoms with van der Waals surface area (Å²) in [4.78, 5) is 22.1. The van der Waals surface area contributed by atoms with Gasteiger partial charge in [0.2, 0.25) is 0 Å². The van der Waals surface area contributed by atoms with Gasteiger partial charge in [0.1, 0.15) is 5.75 Å². The van der Waals surface area contributed by atoms with Crippen molar-refractivity contribution in [3.63, 3.8) is 0 Å². The molecule has 3 aromatic rings. The summed E-state index contributed by atoms with van der Waals surface area (Å²) in [6.07, 6.45) is 6.88. The van der Waals surface area contributed by atoms with E-state index in [1.54, 1.807) is 25.3 Å². The standard InChI is InChI=1S/C32H39N5O2/c1-23-11-15-34-21-27(23)22-37(28-6-8-30(39-4)9-7-28)29-13-17-36(18-14-29)25(3)12-16-35-32(38)31-10-5-26(20-33)19-24(31)2/h5-11,15,19,21,25,29H,12-14,16-18,22H2,1-4H3,(H,35,38)/t25-/m1/s1. The molecule has 1 fully saturated rings. The van der Waals surface area contributed by atoms with Crippen LogP contribution in [0.15, 0.2) is 60.9 Å². The summed E-state index contributed by atoms with van der Waals surface area (Å²) >= 11 is 0. The van der Waals surface area contributed by atoms with Crippen molar-refractivity contribution in [2.75, 3.05) is 31.6 Å². The number of carbonyl (C=O) groups is 1. The van der Waals surface area contributed by atoms with Gasteiger partial charge in [0, 0.05) is 61.9 Å². The summed E-state index contributed by atoms with van der Waals surface area (Å²) in [5, 5.41) is 12.1. The molecule has 1 aromatic heterocycles. The maximum Gasteiger partial charge on any atom is 0.251 e. The molecule has 2 aromatic carbocycles. The molecule has 1 amide bonds. The fourth-order valence-corrected chi connectivity index (χ4v) is 5.35. The van der Waals surface area contributed by atoms with E-state index in [9.17, 15) is 4.79 Å². The molecule has 0 saturated carbocycles. The average molecular weight is 526 g/mol. The number of aromatic nitrogens is 1. The van der Waals surface area contributed by atoms with Gasteiger partial charge < -0.3 is 19.9 Å². The molecular formula is C32H39N5O2. The highest BCUT2D eigenvalue weighted by molar-refractivity contribution is 5.95. The van der Waals surface area contributed by atoms with E-state index in [-0.39, 0.29) is 5.91 Å². The number of pyridine rings is 1. The van der Waals surface area contributed by atoms with Crippen molar-refractivity contribution in [2.24, 2.45) is 0 Å². The normalized spacial score (nSPS) is 14.8. The van der Waals surface area contributed by atoms with Crippen LogP contribution in [-0.4, -0.2) is 54.6 Å². The van der Waals surface area contributed by atoms with Gasteiger partial charge in [-0.25, -0.2) is 0 Å². The Kier molecular flexibility index (Phi) is 9.56. The van der Waals surface area contributed by atoms with Gasteiger partial charge in [0.25, 0.3) is 5.91 Å². The summed E-state index contributed by atoms with van der Waals surface area (Å²) in [7, 11) is 1.70. The van der Waals surface area contributed by atoms with Crippen LogP contribution in [0.1, 0.15) is 58.8 Å². The SMILES string of the molecule is COc1ccc(N(Cc2cnccc2C)C2CCN([C@H](C)CCNC(=O)c3ccc(C#N)cc3C)CC2)cc1. The number of piperidine rings is 1. The summed E-state index contributed by atoms with van der Waals surface area (Å²) in [6.45, 7) is 9.76. The Hall–Kier alpha value is -3.89. The number of rotatable bonds is 10. The van der Waals surface area contributed by atoms with E-state index < -0.39 is 0 Å². The number of ether oxygens (including phenoxy) is 1. The predicted molar refractivity (Wildman–Crippen MR) is 155 cm³/mol. The molecule has 204 valence electrons. The Bertz CT molecular complexity index is 1290. The molecule has 0 spiro atoms. The minimum Gasteiger partial charge on any atom is -0.497 e. The first kappa shape index (κ1) is 28.1. The van der Waals surface area contributed by atoms with E-state index in [2.05, 4.69) is 58.2 Å². The number of amides is 1. The van der Waals surface area contributed by atoms with Gasteiger partial charge in [-0.3, -0.25) is 9.78 Å². The van der Waals surface area contributed by atoms with Crippen LogP contribution in [0.2, 0.25) is 0 Å². The number of nitriles is 1. The van der Waals surface area contributed by atoms with Crippen molar-refractivity contribution in [2.45, 2.75) is 58.7 Å². The lowest BCUT2D eigenvalue weighted by molar-refractivity contribution is 0.0944. The number of hydrogen-bond donors (Lipinski definition) is 1. The molecule has 1 saturated heterocycles. The molecule has 0 bridgehead atoms. The van der Waals surface area contributed by atoms with Crippen LogP contribution in [-0.2, 0) is 6.54 Å². The molecule has 7 nitrogen and oxygen atoms in total. The van der Waals surface area contributed by atoms with Crippen LogP contribution in [0.4, 0.5) is 5.69 Å². The number of nitrogens with one attached hydrogen (secondary N) is 1. The third-order valence-electron chi connectivity index (χ3n) is 7.90. The van der Waals surface area contributed by atoms with E-state index in [4.69, 9.17) is 10.00 Å². The molecule has 0 aliphatic carbocycles. The van der Waals surface area contributed by atoms with Crippen LogP contribution in [0.3, 0.4) is 0 Å². The summed E-state index contributed by atoms with van der Waals surface area (Å²) < 4.78 is 5.39. The maximum absolute atomic E-state index is 12.7. The molecule has 1 N–H and O–H groups in total. The van der Waals surface area contributed by atoms with Gasteiger partial charge >= 0.3 is 0 Å². The highest BCUT2D eigenvalue weighted by Crippen LogP contribution is 2.29. The van der Waals surface area contributed by atoms with Gasteiger partial charge in [0.15, 0.2) is 0 Å². The number of likely N-dealkylation sites (tertiary alicyclic amines) is 1. The quantitative estimate of drug-likeness (QED) is 0.389. The Morgan fingerprint density at radius 3 is 2.54 bits per heavy atom. The molecule has 4 rings (SSSR count). The lowest BCUT2D eigenvalue weighted by Gasteiger charge is -2.42. The lowest BCUT2D eigenvalue weighted by Crippen LogP contribution is -2.48. The molecule has 1 atom stereocenters. The lowest BCUT2D eigenvalue weighted by atomic mass is 9.99. The van der Waals surface area contributed by atoms with Gasteiger partial charge in [-0.05, 0) is 105 Å². The summed E-state index contributed by atoms with van der Waals surface area (Å²) in [6, 6.07) is 18.6. The van der Waals surface area contributed by atoms with E-state index in [0.29, 0.717) is 29.8 Å². The fraction of sp³-hybridized carbons (Fsp3) is 0.406. The topological polar surface area (TPSA) is 81.5 Å². The first-order chi connectivity index (χ1) is 18.9. The van der Waals surface area contributed by atoms with Crippen LogP contribution >= 0.6 is 0 Å². The molecule has 0 unspecified atom stereocenters. The average Bonchev–Trinajstić information content (AvgIpc) is 2.96. The summed E-state index contributed by atoms with van der Waals surface area (Å²) in [5.41, 5.74) is 5.73. The van der Waals surface area contributed by atoms with Crippen LogP contribution in [0.25, 0.3) is 0 Å². The number of nitrogens with zero attached hydrogens (tertiary/aromatic N) is 4. The van der Waals surface area contributed by atoms with Crippen LogP contribution in [0, 0.1) is 25.2 Å². The first-order valence-corrected chi connectivity index (χ1v) is 13.7. The van der Waals surface area contributed by atoms with Crippen molar-refractivity contribution in [1.82, 2.24) is 15.2 Å². The highest BCUT2D eigenvalue weighted by Gasteiger charge is 2.27. The number of benzene rings is 2. The zero-order chi connectivity index (χ0) is 27.8. The second-order valence-electron chi connectivity index (χ2n) is 10.4. The predicted octanol–water partition coefficient (Wildman–Crippen LogP) is 5.26. The zero-order valence-corrected chi connectivity index (χ0v) is 23.5. The third-order valence-corrected chi connectivity index (χ3v) is 7.90. The molecule has 1 aliphatic rings. The number of aryl methyl sites for hydroxylation is 2. The highest BCUT2D eigenvalue weighted by atomic mass is 16.5. The van der Waals surface area contributed by atoms with Crippen LogP contribution < -0.4 is 15.0 Å². The molecule has 2 heterocycles. The Labute approximate surface area is 232 Å². The van der Waals surface area contributed by atoms with Crippen molar-refractivity contribution in [1.29, 1.82) is 5.26 Å². The molecular weight excluding hydrogens is 486 g/mol. The minimum atomic E-state index is -0.0799. The van der Waals surface area contributed by atoms with Gasteiger partial charge in [0.05, 0.1) is 18.7 Å². The number of hydrogen-bond acceptors (Lipinski definition) is 6. The second-order valence-corrected chi connectivity index (χ2v) is 10.4. The van der Waals surface area contributed by atoms with E-state index in [1.165, 1.54) is 16.8 Å². The fourth-order valence-electron chi connectivity index (χ4n) is 5.35. The Morgan fingerprint density at radius 2 is 1.90 bits per heavy atom. The van der Waals surface area contributed by atoms with Crippen molar-refractivity contribution < 1.29 is 9.53 Å². The van der Waals surface area contributed by atoms with Crippen molar-refractivity contribution >= 4 is 11.6 Å². The zero-order valence-electron chi connectivity index (χ0n) is 23.5. The largest absolute Gasteiger partial charge is 0.497 e. The number of anilines is 1. The molecule has 1 aliphatic heterocycles. The third kappa shape index (κ3) is 7.15. The van der Waals surface area contributed by atoms with Crippen molar-refractivity contribution in [3.05, 3.63) is 88.7 Å². The van der Waals surface area contributed by atoms with E-state index in [1.807, 2.05) is 31.5 Å².